The van der Waals surface area contributed by atoms with E-state index < -0.39 is 5.97 Å². The summed E-state index contributed by atoms with van der Waals surface area (Å²) in [6.07, 6.45) is 5.41. The molecule has 0 saturated heterocycles. The molecule has 0 aromatic rings. The molecule has 0 amide bonds. The Morgan fingerprint density at radius 1 is 1.05 bits per heavy atom. The van der Waals surface area contributed by atoms with Crippen molar-refractivity contribution in [2.75, 3.05) is 0 Å². The molecule has 0 aromatic carbocycles. The Bertz CT molecular complexity index is 279. The molecule has 0 saturated carbocycles. The zero-order valence-electron chi connectivity index (χ0n) is 14.0. The lowest BCUT2D eigenvalue weighted by molar-refractivity contribution is -0.398. The van der Waals surface area contributed by atoms with Crippen LogP contribution in [0.2, 0.25) is 0 Å². The third-order valence-corrected chi connectivity index (χ3v) is 3.19. The van der Waals surface area contributed by atoms with Gasteiger partial charge in [0.05, 0.1) is 17.1 Å². The third-order valence-electron chi connectivity index (χ3n) is 3.19. The van der Waals surface area contributed by atoms with Gasteiger partial charge in [0.1, 0.15) is 0 Å². The van der Waals surface area contributed by atoms with Crippen molar-refractivity contribution in [3.63, 3.8) is 0 Å². The highest BCUT2D eigenvalue weighted by atomic mass is 17.2. The SMILES string of the molecule is CCC(CCCCCC(C)(C)OOC(C)(C)C)C(=O)O. The van der Waals surface area contributed by atoms with Gasteiger partial charge < -0.3 is 5.11 Å². The van der Waals surface area contributed by atoms with Crippen molar-refractivity contribution in [2.45, 2.75) is 91.3 Å². The lowest BCUT2D eigenvalue weighted by atomic mass is 9.96. The maximum Gasteiger partial charge on any atom is 0.306 e. The molecule has 1 atom stereocenters. The predicted molar refractivity (Wildman–Crippen MR) is 80.5 cm³/mol. The van der Waals surface area contributed by atoms with Crippen LogP contribution in [0, 0.1) is 5.92 Å². The van der Waals surface area contributed by atoms with Crippen molar-refractivity contribution < 1.29 is 19.7 Å². The summed E-state index contributed by atoms with van der Waals surface area (Å²) in [7, 11) is 0. The van der Waals surface area contributed by atoms with Crippen LogP contribution in [0.3, 0.4) is 0 Å². The summed E-state index contributed by atoms with van der Waals surface area (Å²) in [5, 5.41) is 8.97. The summed E-state index contributed by atoms with van der Waals surface area (Å²) in [6, 6.07) is 0. The first-order chi connectivity index (χ1) is 9.07. The second-order valence-corrected chi connectivity index (χ2v) is 7.08. The fraction of sp³-hybridized carbons (Fsp3) is 0.938. The molecule has 0 radical (unpaired) electrons. The van der Waals surface area contributed by atoms with Crippen LogP contribution in [0.25, 0.3) is 0 Å². The Morgan fingerprint density at radius 2 is 1.65 bits per heavy atom. The van der Waals surface area contributed by atoms with Gasteiger partial charge in [-0.05, 0) is 53.9 Å². The number of carboxylic acid groups (broad SMARTS) is 1. The molecule has 0 aromatic heterocycles. The number of rotatable bonds is 10. The largest absolute Gasteiger partial charge is 0.481 e. The van der Waals surface area contributed by atoms with Crippen molar-refractivity contribution in [1.82, 2.24) is 0 Å². The van der Waals surface area contributed by atoms with Gasteiger partial charge in [0.15, 0.2) is 0 Å². The molecule has 4 nitrogen and oxygen atoms in total. The van der Waals surface area contributed by atoms with E-state index in [2.05, 4.69) is 0 Å². The van der Waals surface area contributed by atoms with Gasteiger partial charge in [-0.1, -0.05) is 26.2 Å². The first-order valence-corrected chi connectivity index (χ1v) is 7.67. The van der Waals surface area contributed by atoms with Gasteiger partial charge in [0.25, 0.3) is 0 Å². The summed E-state index contributed by atoms with van der Waals surface area (Å²) < 4.78 is 0. The van der Waals surface area contributed by atoms with Crippen LogP contribution < -0.4 is 0 Å². The van der Waals surface area contributed by atoms with Gasteiger partial charge in [-0.15, -0.1) is 0 Å². The molecule has 0 heterocycles. The average molecular weight is 288 g/mol. The molecule has 0 aliphatic rings. The smallest absolute Gasteiger partial charge is 0.306 e. The number of hydrogen-bond acceptors (Lipinski definition) is 3. The number of aliphatic carboxylic acids is 1. The summed E-state index contributed by atoms with van der Waals surface area (Å²) in [6.45, 7) is 11.8. The second-order valence-electron chi connectivity index (χ2n) is 7.08. The van der Waals surface area contributed by atoms with E-state index in [0.29, 0.717) is 6.42 Å². The van der Waals surface area contributed by atoms with Gasteiger partial charge >= 0.3 is 5.97 Å². The van der Waals surface area contributed by atoms with E-state index in [1.54, 1.807) is 0 Å². The lowest BCUT2D eigenvalue weighted by Gasteiger charge is -2.28. The van der Waals surface area contributed by atoms with Crippen molar-refractivity contribution >= 4 is 5.97 Å². The summed E-state index contributed by atoms with van der Waals surface area (Å²) in [5.41, 5.74) is -0.600. The van der Waals surface area contributed by atoms with Crippen LogP contribution in [0.1, 0.15) is 80.1 Å². The molecule has 0 aliphatic heterocycles. The highest BCUT2D eigenvalue weighted by Gasteiger charge is 2.23. The molecule has 0 bridgehead atoms. The van der Waals surface area contributed by atoms with Crippen LogP contribution in [-0.2, 0) is 14.6 Å². The standard InChI is InChI=1S/C16H32O4/c1-7-13(14(17)18)11-9-8-10-12-16(5,6)20-19-15(2,3)4/h13H,7-12H2,1-6H3,(H,17,18). The minimum absolute atomic E-state index is 0.191. The maximum atomic E-state index is 10.9. The molecular formula is C16H32O4. The van der Waals surface area contributed by atoms with E-state index in [-0.39, 0.29) is 17.1 Å². The quantitative estimate of drug-likeness (QED) is 0.363. The summed E-state index contributed by atoms with van der Waals surface area (Å²) >= 11 is 0. The van der Waals surface area contributed by atoms with Crippen LogP contribution >= 0.6 is 0 Å². The van der Waals surface area contributed by atoms with Gasteiger partial charge in [-0.2, -0.15) is 0 Å². The van der Waals surface area contributed by atoms with Crippen LogP contribution in [0.5, 0.6) is 0 Å². The van der Waals surface area contributed by atoms with Crippen molar-refractivity contribution in [3.8, 4) is 0 Å². The minimum Gasteiger partial charge on any atom is -0.481 e. The Morgan fingerprint density at radius 3 is 2.10 bits per heavy atom. The lowest BCUT2D eigenvalue weighted by Crippen LogP contribution is -2.30. The van der Waals surface area contributed by atoms with E-state index in [1.165, 1.54) is 0 Å². The Kier molecular flexibility index (Phi) is 8.36. The van der Waals surface area contributed by atoms with Crippen LogP contribution in [0.4, 0.5) is 0 Å². The fourth-order valence-electron chi connectivity index (χ4n) is 1.90. The molecule has 0 rings (SSSR count). The van der Waals surface area contributed by atoms with Crippen molar-refractivity contribution in [3.05, 3.63) is 0 Å². The average Bonchev–Trinajstić information content (AvgIpc) is 2.30. The number of unbranched alkanes of at least 4 members (excludes halogenated alkanes) is 2. The molecule has 1 unspecified atom stereocenters. The molecule has 120 valence electrons. The minimum atomic E-state index is -0.672. The van der Waals surface area contributed by atoms with Gasteiger partial charge in [-0.25, -0.2) is 9.78 Å². The van der Waals surface area contributed by atoms with E-state index in [4.69, 9.17) is 14.9 Å². The molecule has 0 aliphatic carbocycles. The van der Waals surface area contributed by atoms with Gasteiger partial charge in [-0.3, -0.25) is 4.79 Å². The Labute approximate surface area is 123 Å². The molecule has 0 fully saturated rings. The number of hydrogen-bond donors (Lipinski definition) is 1. The first kappa shape index (κ1) is 19.4. The summed E-state index contributed by atoms with van der Waals surface area (Å²) in [4.78, 5) is 21.7. The second kappa shape index (κ2) is 8.63. The van der Waals surface area contributed by atoms with Gasteiger partial charge in [0.2, 0.25) is 0 Å². The molecule has 4 heteroatoms. The van der Waals surface area contributed by atoms with Crippen molar-refractivity contribution in [2.24, 2.45) is 5.92 Å². The number of carboxylic acids is 1. The third kappa shape index (κ3) is 10.2. The highest BCUT2D eigenvalue weighted by molar-refractivity contribution is 5.69. The van der Waals surface area contributed by atoms with Gasteiger partial charge in [0, 0.05) is 0 Å². The van der Waals surface area contributed by atoms with Crippen molar-refractivity contribution in [1.29, 1.82) is 0 Å². The maximum absolute atomic E-state index is 10.9. The first-order valence-electron chi connectivity index (χ1n) is 7.67. The van der Waals surface area contributed by atoms with Crippen LogP contribution in [-0.4, -0.2) is 22.3 Å². The highest BCUT2D eigenvalue weighted by Crippen LogP contribution is 2.23. The molecular weight excluding hydrogens is 256 g/mol. The van der Waals surface area contributed by atoms with E-state index >= 15 is 0 Å². The Balaban J connectivity index is 3.80. The van der Waals surface area contributed by atoms with Crippen LogP contribution in [0.15, 0.2) is 0 Å². The molecule has 1 N–H and O–H groups in total. The van der Waals surface area contributed by atoms with E-state index in [9.17, 15) is 4.79 Å². The monoisotopic (exact) mass is 288 g/mol. The molecule has 20 heavy (non-hydrogen) atoms. The predicted octanol–water partition coefficient (Wildman–Crippen LogP) is 4.57. The summed E-state index contributed by atoms with van der Waals surface area (Å²) in [5.74, 6) is -0.863. The fourth-order valence-corrected chi connectivity index (χ4v) is 1.90. The zero-order valence-corrected chi connectivity index (χ0v) is 14.0. The van der Waals surface area contributed by atoms with E-state index in [1.807, 2.05) is 41.5 Å². The zero-order chi connectivity index (χ0) is 15.8. The Hall–Kier alpha value is -0.610. The van der Waals surface area contributed by atoms with E-state index in [0.717, 1.165) is 32.1 Å². The molecule has 0 spiro atoms. The topological polar surface area (TPSA) is 55.8 Å². The number of carbonyl (C=O) groups is 1. The normalized spacial score (nSPS) is 14.3.